The first-order chi connectivity index (χ1) is 5.31. The fourth-order valence-electron chi connectivity index (χ4n) is 1.11. The lowest BCUT2D eigenvalue weighted by Gasteiger charge is -1.84. The molecule has 0 fully saturated rings. The molecule has 4 nitrogen and oxygen atoms in total. The maximum Gasteiger partial charge on any atom is 0.219 e. The molecular weight excluding hydrogens is 142 g/mol. The molecule has 0 unspecified atom stereocenters. The SMILES string of the molecule is Cc1cc2n(C=O)ccn2n1. The number of imidazole rings is 1. The number of carbonyl (C=O) groups excluding carboxylic acids is 1. The summed E-state index contributed by atoms with van der Waals surface area (Å²) in [5.74, 6) is 0. The summed E-state index contributed by atoms with van der Waals surface area (Å²) in [6.45, 7) is 1.89. The second-order valence-electron chi connectivity index (χ2n) is 2.40. The predicted molar refractivity (Wildman–Crippen MR) is 40.1 cm³/mol. The van der Waals surface area contributed by atoms with E-state index in [0.29, 0.717) is 0 Å². The van der Waals surface area contributed by atoms with Crippen molar-refractivity contribution in [1.29, 1.82) is 0 Å². The molecule has 2 aromatic heterocycles. The van der Waals surface area contributed by atoms with Gasteiger partial charge in [-0.2, -0.15) is 5.10 Å². The van der Waals surface area contributed by atoms with Crippen LogP contribution in [-0.2, 0) is 4.79 Å². The van der Waals surface area contributed by atoms with Gasteiger partial charge < -0.3 is 0 Å². The van der Waals surface area contributed by atoms with E-state index in [4.69, 9.17) is 0 Å². The smallest absolute Gasteiger partial charge is 0.219 e. The molecule has 0 amide bonds. The van der Waals surface area contributed by atoms with Crippen molar-refractivity contribution in [3.05, 3.63) is 24.2 Å². The molecule has 0 spiro atoms. The first-order valence-electron chi connectivity index (χ1n) is 3.29. The molecule has 11 heavy (non-hydrogen) atoms. The zero-order valence-electron chi connectivity index (χ0n) is 6.06. The van der Waals surface area contributed by atoms with Gasteiger partial charge in [0, 0.05) is 18.5 Å². The van der Waals surface area contributed by atoms with E-state index in [2.05, 4.69) is 5.10 Å². The Morgan fingerprint density at radius 2 is 2.36 bits per heavy atom. The van der Waals surface area contributed by atoms with Crippen LogP contribution >= 0.6 is 0 Å². The Balaban J connectivity index is 2.83. The van der Waals surface area contributed by atoms with Crippen molar-refractivity contribution in [2.45, 2.75) is 6.92 Å². The molecule has 2 heterocycles. The highest BCUT2D eigenvalue weighted by Crippen LogP contribution is 2.04. The van der Waals surface area contributed by atoms with Gasteiger partial charge in [0.2, 0.25) is 6.41 Å². The highest BCUT2D eigenvalue weighted by Gasteiger charge is 2.00. The van der Waals surface area contributed by atoms with E-state index in [1.54, 1.807) is 16.9 Å². The van der Waals surface area contributed by atoms with E-state index in [1.807, 2.05) is 13.0 Å². The van der Waals surface area contributed by atoms with Crippen molar-refractivity contribution in [3.63, 3.8) is 0 Å². The number of hydrogen-bond acceptors (Lipinski definition) is 2. The lowest BCUT2D eigenvalue weighted by atomic mass is 10.5. The number of aromatic nitrogens is 3. The van der Waals surface area contributed by atoms with Crippen LogP contribution in [0.3, 0.4) is 0 Å². The summed E-state index contributed by atoms with van der Waals surface area (Å²) in [5.41, 5.74) is 1.72. The van der Waals surface area contributed by atoms with Gasteiger partial charge in [0.1, 0.15) is 5.65 Å². The van der Waals surface area contributed by atoms with E-state index < -0.39 is 0 Å². The zero-order chi connectivity index (χ0) is 7.84. The molecule has 0 saturated heterocycles. The lowest BCUT2D eigenvalue weighted by molar-refractivity contribution is 0.549. The number of carbonyl (C=O) groups is 1. The Kier molecular flexibility index (Phi) is 1.09. The molecule has 0 aliphatic rings. The monoisotopic (exact) mass is 149 g/mol. The van der Waals surface area contributed by atoms with Crippen LogP contribution < -0.4 is 0 Å². The number of aryl methyl sites for hydroxylation is 1. The van der Waals surface area contributed by atoms with Crippen LogP contribution in [0.25, 0.3) is 5.65 Å². The van der Waals surface area contributed by atoms with Gasteiger partial charge in [-0.05, 0) is 6.92 Å². The zero-order valence-corrected chi connectivity index (χ0v) is 6.06. The molecule has 2 aromatic rings. The fourth-order valence-corrected chi connectivity index (χ4v) is 1.11. The molecule has 0 N–H and O–H groups in total. The number of rotatable bonds is 1. The Bertz CT molecular complexity index is 399. The van der Waals surface area contributed by atoms with Crippen LogP contribution in [0.4, 0.5) is 0 Å². The average Bonchev–Trinajstić information content (AvgIpc) is 2.45. The van der Waals surface area contributed by atoms with Crippen LogP contribution in [0, 0.1) is 6.92 Å². The normalized spacial score (nSPS) is 10.6. The third-order valence-corrected chi connectivity index (χ3v) is 1.58. The quantitative estimate of drug-likeness (QED) is 0.553. The Morgan fingerprint density at radius 3 is 3.09 bits per heavy atom. The van der Waals surface area contributed by atoms with Crippen molar-refractivity contribution in [1.82, 2.24) is 14.2 Å². The minimum atomic E-state index is 0.760. The van der Waals surface area contributed by atoms with Crippen molar-refractivity contribution in [2.75, 3.05) is 0 Å². The Labute approximate surface area is 63.0 Å². The molecule has 0 saturated carbocycles. The molecule has 0 bridgehead atoms. The molecule has 4 heteroatoms. The van der Waals surface area contributed by atoms with Crippen LogP contribution in [0.15, 0.2) is 18.5 Å². The van der Waals surface area contributed by atoms with E-state index in [9.17, 15) is 4.79 Å². The van der Waals surface area contributed by atoms with Crippen molar-refractivity contribution in [3.8, 4) is 0 Å². The molecule has 56 valence electrons. The van der Waals surface area contributed by atoms with Crippen LogP contribution in [0.2, 0.25) is 0 Å². The minimum absolute atomic E-state index is 0.760. The summed E-state index contributed by atoms with van der Waals surface area (Å²) >= 11 is 0. The van der Waals surface area contributed by atoms with Gasteiger partial charge in [-0.3, -0.25) is 9.36 Å². The van der Waals surface area contributed by atoms with E-state index in [0.717, 1.165) is 17.8 Å². The standard InChI is InChI=1S/C7H7N3O/c1-6-4-7-9(5-11)2-3-10(7)8-6/h2-5H,1H3. The summed E-state index contributed by atoms with van der Waals surface area (Å²) < 4.78 is 3.16. The number of nitrogens with zero attached hydrogens (tertiary/aromatic N) is 3. The van der Waals surface area contributed by atoms with Crippen LogP contribution in [0.5, 0.6) is 0 Å². The highest BCUT2D eigenvalue weighted by molar-refractivity contribution is 5.62. The van der Waals surface area contributed by atoms with E-state index in [1.165, 1.54) is 4.57 Å². The third-order valence-electron chi connectivity index (χ3n) is 1.58. The second-order valence-corrected chi connectivity index (χ2v) is 2.40. The molecular formula is C7H7N3O. The third kappa shape index (κ3) is 0.756. The molecule has 0 atom stereocenters. The molecule has 0 radical (unpaired) electrons. The van der Waals surface area contributed by atoms with Crippen molar-refractivity contribution in [2.24, 2.45) is 0 Å². The number of fused-ring (bicyclic) bond motifs is 1. The summed E-state index contributed by atoms with van der Waals surface area (Å²) in [6, 6.07) is 1.86. The highest BCUT2D eigenvalue weighted by atomic mass is 16.1. The summed E-state index contributed by atoms with van der Waals surface area (Å²) in [4.78, 5) is 10.4. The van der Waals surface area contributed by atoms with Gasteiger partial charge in [-0.1, -0.05) is 0 Å². The molecule has 2 rings (SSSR count). The van der Waals surface area contributed by atoms with Gasteiger partial charge in [0.05, 0.1) is 5.69 Å². The van der Waals surface area contributed by atoms with Gasteiger partial charge in [0.15, 0.2) is 0 Å². The lowest BCUT2D eigenvalue weighted by Crippen LogP contribution is -1.90. The summed E-state index contributed by atoms with van der Waals surface area (Å²) in [5, 5.41) is 4.12. The van der Waals surface area contributed by atoms with Crippen molar-refractivity contribution < 1.29 is 4.79 Å². The van der Waals surface area contributed by atoms with Crippen LogP contribution in [-0.4, -0.2) is 20.6 Å². The first kappa shape index (κ1) is 6.15. The first-order valence-corrected chi connectivity index (χ1v) is 3.29. The summed E-state index contributed by atoms with van der Waals surface area (Å²) in [6.07, 6.45) is 4.18. The van der Waals surface area contributed by atoms with Gasteiger partial charge in [-0.15, -0.1) is 0 Å². The average molecular weight is 149 g/mol. The maximum absolute atomic E-state index is 10.4. The largest absolute Gasteiger partial charge is 0.278 e. The number of hydrogen-bond donors (Lipinski definition) is 0. The predicted octanol–water partition coefficient (Wildman–Crippen LogP) is 0.483. The van der Waals surface area contributed by atoms with Gasteiger partial charge >= 0.3 is 0 Å². The molecule has 0 aromatic carbocycles. The second kappa shape index (κ2) is 1.95. The van der Waals surface area contributed by atoms with Gasteiger partial charge in [-0.25, -0.2) is 4.52 Å². The maximum atomic E-state index is 10.4. The van der Waals surface area contributed by atoms with Crippen molar-refractivity contribution >= 4 is 12.1 Å². The van der Waals surface area contributed by atoms with E-state index in [-0.39, 0.29) is 0 Å². The minimum Gasteiger partial charge on any atom is -0.278 e. The summed E-state index contributed by atoms with van der Waals surface area (Å²) in [7, 11) is 0. The topological polar surface area (TPSA) is 39.3 Å². The van der Waals surface area contributed by atoms with E-state index >= 15 is 0 Å². The Morgan fingerprint density at radius 1 is 1.55 bits per heavy atom. The molecule has 0 aliphatic heterocycles. The van der Waals surface area contributed by atoms with Gasteiger partial charge in [0.25, 0.3) is 0 Å². The molecule has 0 aliphatic carbocycles. The van der Waals surface area contributed by atoms with Crippen LogP contribution in [0.1, 0.15) is 5.69 Å². The Hall–Kier alpha value is -1.58. The fraction of sp³-hybridized carbons (Fsp3) is 0.143.